The number of fused-ring (bicyclic) bond motifs is 1. The van der Waals surface area contributed by atoms with Gasteiger partial charge in [-0.1, -0.05) is 0 Å². The van der Waals surface area contributed by atoms with Gasteiger partial charge in [0.1, 0.15) is 0 Å². The predicted molar refractivity (Wildman–Crippen MR) is 70.4 cm³/mol. The normalized spacial score (nSPS) is 12.5. The van der Waals surface area contributed by atoms with Crippen LogP contribution in [0.2, 0.25) is 0 Å². The lowest BCUT2D eigenvalue weighted by Gasteiger charge is -2.18. The molecule has 0 aliphatic carbocycles. The molecule has 0 saturated heterocycles. The summed E-state index contributed by atoms with van der Waals surface area (Å²) in [6.07, 6.45) is 0.781. The molecule has 1 heterocycles. The Kier molecular flexibility index (Phi) is 4.11. The molecule has 0 aromatic heterocycles. The molecule has 0 unspecified atom stereocenters. The fourth-order valence-corrected chi connectivity index (χ4v) is 1.90. The number of hydrogen-bond acceptors (Lipinski definition) is 5. The van der Waals surface area contributed by atoms with E-state index in [1.807, 2.05) is 0 Å². The van der Waals surface area contributed by atoms with E-state index in [1.165, 1.54) is 0 Å². The van der Waals surface area contributed by atoms with Gasteiger partial charge < -0.3 is 24.8 Å². The van der Waals surface area contributed by atoms with Gasteiger partial charge in [0, 0.05) is 39.1 Å². The molecule has 1 aromatic carbocycles. The van der Waals surface area contributed by atoms with Crippen LogP contribution in [0, 0.1) is 0 Å². The second kappa shape index (κ2) is 5.79. The van der Waals surface area contributed by atoms with E-state index >= 15 is 0 Å². The summed E-state index contributed by atoms with van der Waals surface area (Å²) in [6.45, 7) is 1.39. The molecular formula is C13H18N2O4. The summed E-state index contributed by atoms with van der Waals surface area (Å²) in [5, 5.41) is 0. The van der Waals surface area contributed by atoms with Crippen LogP contribution in [0.3, 0.4) is 0 Å². The van der Waals surface area contributed by atoms with Gasteiger partial charge in [-0.05, 0) is 12.5 Å². The third kappa shape index (κ3) is 2.90. The zero-order valence-electron chi connectivity index (χ0n) is 11.1. The van der Waals surface area contributed by atoms with Crippen LogP contribution in [0.4, 0.5) is 5.69 Å². The van der Waals surface area contributed by atoms with Crippen molar-refractivity contribution in [1.82, 2.24) is 4.90 Å². The fraction of sp³-hybridized carbons (Fsp3) is 0.462. The summed E-state index contributed by atoms with van der Waals surface area (Å²) >= 11 is 0. The van der Waals surface area contributed by atoms with Crippen LogP contribution < -0.4 is 15.2 Å². The zero-order chi connectivity index (χ0) is 13.8. The maximum Gasteiger partial charge on any atom is 0.255 e. The minimum absolute atomic E-state index is 0.132. The van der Waals surface area contributed by atoms with E-state index in [9.17, 15) is 4.79 Å². The second-order valence-electron chi connectivity index (χ2n) is 4.37. The van der Waals surface area contributed by atoms with Gasteiger partial charge in [0.2, 0.25) is 6.79 Å². The Bertz CT molecular complexity index is 476. The van der Waals surface area contributed by atoms with Crippen LogP contribution >= 0.6 is 0 Å². The first kappa shape index (κ1) is 13.5. The number of rotatable bonds is 5. The summed E-state index contributed by atoms with van der Waals surface area (Å²) < 4.78 is 15.4. The van der Waals surface area contributed by atoms with Crippen molar-refractivity contribution in [3.8, 4) is 11.5 Å². The fourth-order valence-electron chi connectivity index (χ4n) is 1.90. The van der Waals surface area contributed by atoms with E-state index < -0.39 is 0 Å². The van der Waals surface area contributed by atoms with Gasteiger partial charge in [0.05, 0.1) is 5.56 Å². The standard InChI is InChI=1S/C13H18N2O4/c1-15(4-3-5-17-2)13(16)9-6-11-12(7-10(9)14)19-8-18-11/h6-7H,3-5,8,14H2,1-2H3. The van der Waals surface area contributed by atoms with Crippen molar-refractivity contribution in [3.63, 3.8) is 0 Å². The van der Waals surface area contributed by atoms with Gasteiger partial charge >= 0.3 is 0 Å². The molecule has 6 heteroatoms. The molecule has 104 valence electrons. The zero-order valence-corrected chi connectivity index (χ0v) is 11.1. The Balaban J connectivity index is 2.10. The first-order chi connectivity index (χ1) is 9.13. The number of methoxy groups -OCH3 is 1. The predicted octanol–water partition coefficient (Wildman–Crippen LogP) is 1.11. The number of carbonyl (C=O) groups is 1. The van der Waals surface area contributed by atoms with Crippen LogP contribution in [0.5, 0.6) is 11.5 Å². The molecule has 2 N–H and O–H groups in total. The first-order valence-electron chi connectivity index (χ1n) is 6.07. The summed E-state index contributed by atoms with van der Waals surface area (Å²) in [5.74, 6) is 1.01. The summed E-state index contributed by atoms with van der Waals surface area (Å²) in [7, 11) is 3.37. The van der Waals surface area contributed by atoms with Crippen molar-refractivity contribution in [3.05, 3.63) is 17.7 Å². The average molecular weight is 266 g/mol. The Morgan fingerprint density at radius 1 is 1.42 bits per heavy atom. The van der Waals surface area contributed by atoms with Gasteiger partial charge in [-0.2, -0.15) is 0 Å². The van der Waals surface area contributed by atoms with Crippen LogP contribution in [0.15, 0.2) is 12.1 Å². The van der Waals surface area contributed by atoms with E-state index in [0.29, 0.717) is 35.9 Å². The molecule has 0 bridgehead atoms. The molecule has 0 fully saturated rings. The van der Waals surface area contributed by atoms with Gasteiger partial charge in [-0.15, -0.1) is 0 Å². The second-order valence-corrected chi connectivity index (χ2v) is 4.37. The maximum absolute atomic E-state index is 12.3. The van der Waals surface area contributed by atoms with E-state index in [-0.39, 0.29) is 12.7 Å². The third-order valence-corrected chi connectivity index (χ3v) is 2.96. The molecular weight excluding hydrogens is 248 g/mol. The van der Waals surface area contributed by atoms with Crippen molar-refractivity contribution < 1.29 is 19.0 Å². The monoisotopic (exact) mass is 266 g/mol. The molecule has 1 aliphatic rings. The highest BCUT2D eigenvalue weighted by Crippen LogP contribution is 2.36. The highest BCUT2D eigenvalue weighted by Gasteiger charge is 2.21. The van der Waals surface area contributed by atoms with Crippen LogP contribution in [-0.2, 0) is 4.74 Å². The number of nitrogen functional groups attached to an aromatic ring is 1. The lowest BCUT2D eigenvalue weighted by molar-refractivity contribution is 0.0780. The van der Waals surface area contributed by atoms with Crippen LogP contribution in [0.1, 0.15) is 16.8 Å². The van der Waals surface area contributed by atoms with Gasteiger partial charge in [-0.3, -0.25) is 4.79 Å². The van der Waals surface area contributed by atoms with E-state index in [2.05, 4.69) is 0 Å². The summed E-state index contributed by atoms with van der Waals surface area (Å²) in [4.78, 5) is 13.9. The number of nitrogens with two attached hydrogens (primary N) is 1. The SMILES string of the molecule is COCCCN(C)C(=O)c1cc2c(cc1N)OCO2. The largest absolute Gasteiger partial charge is 0.454 e. The molecule has 0 spiro atoms. The average Bonchev–Trinajstić information content (AvgIpc) is 2.84. The number of hydrogen-bond donors (Lipinski definition) is 1. The van der Waals surface area contributed by atoms with Crippen molar-refractivity contribution >= 4 is 11.6 Å². The van der Waals surface area contributed by atoms with Crippen LogP contribution in [0.25, 0.3) is 0 Å². The summed E-state index contributed by atoms with van der Waals surface area (Å²) in [6, 6.07) is 3.26. The van der Waals surface area contributed by atoms with Gasteiger partial charge in [0.25, 0.3) is 5.91 Å². The number of carbonyl (C=O) groups excluding carboxylic acids is 1. The minimum atomic E-state index is -0.132. The smallest absolute Gasteiger partial charge is 0.255 e. The number of ether oxygens (including phenoxy) is 3. The van der Waals surface area contributed by atoms with Crippen molar-refractivity contribution in [2.24, 2.45) is 0 Å². The van der Waals surface area contributed by atoms with E-state index in [0.717, 1.165) is 6.42 Å². The minimum Gasteiger partial charge on any atom is -0.454 e. The maximum atomic E-state index is 12.3. The topological polar surface area (TPSA) is 74.0 Å². The first-order valence-corrected chi connectivity index (χ1v) is 6.07. The number of amides is 1. The quantitative estimate of drug-likeness (QED) is 0.638. The molecule has 1 aliphatic heterocycles. The van der Waals surface area contributed by atoms with E-state index in [4.69, 9.17) is 19.9 Å². The highest BCUT2D eigenvalue weighted by atomic mass is 16.7. The molecule has 19 heavy (non-hydrogen) atoms. The van der Waals surface area contributed by atoms with Crippen LogP contribution in [-0.4, -0.2) is 44.9 Å². The Morgan fingerprint density at radius 2 is 2.11 bits per heavy atom. The molecule has 1 amide bonds. The lowest BCUT2D eigenvalue weighted by atomic mass is 10.1. The number of nitrogens with zero attached hydrogens (tertiary/aromatic N) is 1. The Labute approximate surface area is 112 Å². The highest BCUT2D eigenvalue weighted by molar-refractivity contribution is 6.00. The molecule has 2 rings (SSSR count). The van der Waals surface area contributed by atoms with Crippen molar-refractivity contribution in [2.45, 2.75) is 6.42 Å². The van der Waals surface area contributed by atoms with Gasteiger partial charge in [-0.25, -0.2) is 0 Å². The molecule has 6 nitrogen and oxygen atoms in total. The molecule has 1 aromatic rings. The molecule has 0 saturated carbocycles. The number of benzene rings is 1. The lowest BCUT2D eigenvalue weighted by Crippen LogP contribution is -2.29. The summed E-state index contributed by atoms with van der Waals surface area (Å²) in [5.41, 5.74) is 6.71. The molecule has 0 radical (unpaired) electrons. The van der Waals surface area contributed by atoms with Crippen molar-refractivity contribution in [2.75, 3.05) is 39.8 Å². The molecule has 0 atom stereocenters. The Hall–Kier alpha value is -1.95. The van der Waals surface area contributed by atoms with Gasteiger partial charge in [0.15, 0.2) is 11.5 Å². The van der Waals surface area contributed by atoms with E-state index in [1.54, 1.807) is 31.2 Å². The number of anilines is 1. The Morgan fingerprint density at radius 3 is 2.79 bits per heavy atom. The third-order valence-electron chi connectivity index (χ3n) is 2.96. The van der Waals surface area contributed by atoms with Crippen molar-refractivity contribution in [1.29, 1.82) is 0 Å².